The molecule has 0 amide bonds. The van der Waals surface area contributed by atoms with E-state index in [4.69, 9.17) is 25.7 Å². The van der Waals surface area contributed by atoms with Crippen LogP contribution in [0.25, 0.3) is 0 Å². The van der Waals surface area contributed by atoms with Crippen LogP contribution in [0.3, 0.4) is 0 Å². The van der Waals surface area contributed by atoms with Crippen LogP contribution in [0.2, 0.25) is 0 Å². The van der Waals surface area contributed by atoms with Gasteiger partial charge >= 0.3 is 0 Å². The zero-order valence-corrected chi connectivity index (χ0v) is 9.44. The molecule has 1 aromatic rings. The van der Waals surface area contributed by atoms with E-state index in [1.54, 1.807) is 25.3 Å². The van der Waals surface area contributed by atoms with E-state index in [1.165, 1.54) is 0 Å². The van der Waals surface area contributed by atoms with Gasteiger partial charge in [0.2, 0.25) is 0 Å². The molecule has 0 aliphatic heterocycles. The zero-order valence-electron chi connectivity index (χ0n) is 9.44. The van der Waals surface area contributed by atoms with E-state index in [0.29, 0.717) is 43.6 Å². The first-order valence-corrected chi connectivity index (χ1v) is 5.08. The SMILES string of the molecule is COCCOCCOc1ccc(N)cc1N. The summed E-state index contributed by atoms with van der Waals surface area (Å²) in [6.07, 6.45) is 0. The van der Waals surface area contributed by atoms with Gasteiger partial charge in [-0.1, -0.05) is 0 Å². The van der Waals surface area contributed by atoms with Crippen LogP contribution in [0.1, 0.15) is 0 Å². The molecule has 0 bridgehead atoms. The molecule has 0 saturated carbocycles. The minimum absolute atomic E-state index is 0.456. The molecule has 5 nitrogen and oxygen atoms in total. The van der Waals surface area contributed by atoms with Crippen LogP contribution in [0.5, 0.6) is 5.75 Å². The lowest BCUT2D eigenvalue weighted by Gasteiger charge is -2.09. The third-order valence-corrected chi connectivity index (χ3v) is 1.95. The molecular formula is C11H18N2O3. The van der Waals surface area contributed by atoms with Crippen molar-refractivity contribution in [1.29, 1.82) is 0 Å². The van der Waals surface area contributed by atoms with E-state index in [0.717, 1.165) is 0 Å². The lowest BCUT2D eigenvalue weighted by molar-refractivity contribution is 0.0545. The Bertz CT molecular complexity index is 318. The Labute approximate surface area is 95.3 Å². The minimum atomic E-state index is 0.456. The molecule has 0 aliphatic carbocycles. The van der Waals surface area contributed by atoms with Gasteiger partial charge in [0.15, 0.2) is 0 Å². The van der Waals surface area contributed by atoms with Gasteiger partial charge in [-0.3, -0.25) is 0 Å². The number of nitrogens with two attached hydrogens (primary N) is 2. The molecule has 16 heavy (non-hydrogen) atoms. The number of benzene rings is 1. The van der Waals surface area contributed by atoms with Crippen molar-refractivity contribution in [3.05, 3.63) is 18.2 Å². The Kier molecular flexibility index (Phi) is 5.45. The highest BCUT2D eigenvalue weighted by Gasteiger charge is 2.00. The van der Waals surface area contributed by atoms with Crippen LogP contribution in [-0.4, -0.2) is 33.5 Å². The maximum atomic E-state index is 5.72. The molecule has 0 saturated heterocycles. The summed E-state index contributed by atoms with van der Waals surface area (Å²) in [6, 6.07) is 5.17. The number of methoxy groups -OCH3 is 1. The maximum Gasteiger partial charge on any atom is 0.142 e. The lowest BCUT2D eigenvalue weighted by atomic mass is 10.2. The molecule has 1 aromatic carbocycles. The molecule has 0 atom stereocenters. The van der Waals surface area contributed by atoms with Crippen LogP contribution in [0.4, 0.5) is 11.4 Å². The molecule has 0 spiro atoms. The van der Waals surface area contributed by atoms with Crippen LogP contribution in [0, 0.1) is 0 Å². The van der Waals surface area contributed by atoms with Crippen molar-refractivity contribution >= 4 is 11.4 Å². The zero-order chi connectivity index (χ0) is 11.8. The number of nitrogen functional groups attached to an aromatic ring is 2. The molecule has 90 valence electrons. The summed E-state index contributed by atoms with van der Waals surface area (Å²) in [6.45, 7) is 2.12. The summed E-state index contributed by atoms with van der Waals surface area (Å²) in [5, 5.41) is 0. The van der Waals surface area contributed by atoms with Crippen molar-refractivity contribution in [3.8, 4) is 5.75 Å². The van der Waals surface area contributed by atoms with Crippen LogP contribution in [-0.2, 0) is 9.47 Å². The standard InChI is InChI=1S/C11H18N2O3/c1-14-4-5-15-6-7-16-11-3-2-9(12)8-10(11)13/h2-3,8H,4-7,12-13H2,1H3. The van der Waals surface area contributed by atoms with Crippen molar-refractivity contribution in [3.63, 3.8) is 0 Å². The number of hydrogen-bond acceptors (Lipinski definition) is 5. The van der Waals surface area contributed by atoms with E-state index in [2.05, 4.69) is 0 Å². The predicted molar refractivity (Wildman–Crippen MR) is 63.5 cm³/mol. The molecule has 0 aromatic heterocycles. The van der Waals surface area contributed by atoms with Crippen molar-refractivity contribution < 1.29 is 14.2 Å². The molecule has 0 aliphatic rings. The molecule has 4 N–H and O–H groups in total. The monoisotopic (exact) mass is 226 g/mol. The first-order valence-electron chi connectivity index (χ1n) is 5.08. The average molecular weight is 226 g/mol. The second-order valence-corrected chi connectivity index (χ2v) is 3.25. The average Bonchev–Trinajstić information content (AvgIpc) is 2.26. The fourth-order valence-corrected chi connectivity index (χ4v) is 1.15. The van der Waals surface area contributed by atoms with Gasteiger partial charge in [0, 0.05) is 12.8 Å². The van der Waals surface area contributed by atoms with Crippen molar-refractivity contribution in [2.24, 2.45) is 0 Å². The van der Waals surface area contributed by atoms with Crippen LogP contribution < -0.4 is 16.2 Å². The van der Waals surface area contributed by atoms with Gasteiger partial charge in [-0.25, -0.2) is 0 Å². The molecule has 5 heteroatoms. The van der Waals surface area contributed by atoms with Gasteiger partial charge in [-0.15, -0.1) is 0 Å². The first-order chi connectivity index (χ1) is 7.74. The Morgan fingerprint density at radius 1 is 1.06 bits per heavy atom. The van der Waals surface area contributed by atoms with Gasteiger partial charge in [0.05, 0.1) is 25.5 Å². The smallest absolute Gasteiger partial charge is 0.142 e. The quantitative estimate of drug-likeness (QED) is 0.533. The number of rotatable bonds is 7. The molecule has 1 rings (SSSR count). The molecule has 0 fully saturated rings. The molecule has 0 radical (unpaired) electrons. The maximum absolute atomic E-state index is 5.72. The number of ether oxygens (including phenoxy) is 3. The summed E-state index contributed by atoms with van der Waals surface area (Å²) in [5.41, 5.74) is 12.4. The highest BCUT2D eigenvalue weighted by molar-refractivity contribution is 5.60. The number of anilines is 2. The second kappa shape index (κ2) is 6.92. The summed E-state index contributed by atoms with van der Waals surface area (Å²) in [4.78, 5) is 0. The Hall–Kier alpha value is -1.46. The normalized spacial score (nSPS) is 10.3. The van der Waals surface area contributed by atoms with E-state index < -0.39 is 0 Å². The molecule has 0 heterocycles. The van der Waals surface area contributed by atoms with E-state index in [1.807, 2.05) is 0 Å². The van der Waals surface area contributed by atoms with Gasteiger partial charge in [0.25, 0.3) is 0 Å². The molecule has 0 unspecified atom stereocenters. The lowest BCUT2D eigenvalue weighted by Crippen LogP contribution is -2.10. The third kappa shape index (κ3) is 4.37. The highest BCUT2D eigenvalue weighted by Crippen LogP contribution is 2.23. The summed E-state index contributed by atoms with van der Waals surface area (Å²) >= 11 is 0. The van der Waals surface area contributed by atoms with E-state index >= 15 is 0 Å². The fraction of sp³-hybridized carbons (Fsp3) is 0.455. The fourth-order valence-electron chi connectivity index (χ4n) is 1.15. The van der Waals surface area contributed by atoms with Crippen molar-refractivity contribution in [2.75, 3.05) is 45.0 Å². The first kappa shape index (κ1) is 12.6. The van der Waals surface area contributed by atoms with Crippen LogP contribution >= 0.6 is 0 Å². The highest BCUT2D eigenvalue weighted by atomic mass is 16.5. The Balaban J connectivity index is 2.21. The van der Waals surface area contributed by atoms with Gasteiger partial charge in [-0.05, 0) is 18.2 Å². The molecular weight excluding hydrogens is 208 g/mol. The topological polar surface area (TPSA) is 79.7 Å². The van der Waals surface area contributed by atoms with Gasteiger partial charge < -0.3 is 25.7 Å². The van der Waals surface area contributed by atoms with Crippen LogP contribution in [0.15, 0.2) is 18.2 Å². The Morgan fingerprint density at radius 2 is 1.81 bits per heavy atom. The summed E-state index contributed by atoms with van der Waals surface area (Å²) < 4.78 is 15.5. The largest absolute Gasteiger partial charge is 0.489 e. The third-order valence-electron chi connectivity index (χ3n) is 1.95. The van der Waals surface area contributed by atoms with Gasteiger partial charge in [0.1, 0.15) is 12.4 Å². The summed E-state index contributed by atoms with van der Waals surface area (Å²) in [5.74, 6) is 0.629. The van der Waals surface area contributed by atoms with E-state index in [-0.39, 0.29) is 0 Å². The van der Waals surface area contributed by atoms with Crippen molar-refractivity contribution in [2.45, 2.75) is 0 Å². The minimum Gasteiger partial charge on any atom is -0.489 e. The summed E-state index contributed by atoms with van der Waals surface area (Å²) in [7, 11) is 1.63. The Morgan fingerprint density at radius 3 is 2.50 bits per heavy atom. The van der Waals surface area contributed by atoms with E-state index in [9.17, 15) is 0 Å². The van der Waals surface area contributed by atoms with Gasteiger partial charge in [-0.2, -0.15) is 0 Å². The predicted octanol–water partition coefficient (Wildman–Crippen LogP) is 0.893. The number of hydrogen-bond donors (Lipinski definition) is 2. The van der Waals surface area contributed by atoms with Crippen molar-refractivity contribution in [1.82, 2.24) is 0 Å². The second-order valence-electron chi connectivity index (χ2n) is 3.25.